The Labute approximate surface area is 223 Å². The van der Waals surface area contributed by atoms with Gasteiger partial charge in [-0.2, -0.15) is 0 Å². The quantitative estimate of drug-likeness (QED) is 0.341. The van der Waals surface area contributed by atoms with Gasteiger partial charge in [-0.15, -0.1) is 0 Å². The van der Waals surface area contributed by atoms with E-state index in [1.807, 2.05) is 30.5 Å². The third kappa shape index (κ3) is 5.79. The summed E-state index contributed by atoms with van der Waals surface area (Å²) in [5.41, 5.74) is 2.24. The maximum absolute atomic E-state index is 14.6. The zero-order chi connectivity index (χ0) is 25.9. The molecule has 2 saturated carbocycles. The largest absolute Gasteiger partial charge is 0.483 e. The SMILES string of the molecule is Cc1cc(Cl)ccc1O[C@@H](C)c1nc2ccc(F)cc2n1[C@H](C(=O)NC1CCCCC1)C1CCCCC1. The van der Waals surface area contributed by atoms with Gasteiger partial charge in [0.2, 0.25) is 5.91 Å². The Morgan fingerprint density at radius 1 is 1.05 bits per heavy atom. The van der Waals surface area contributed by atoms with Crippen molar-refractivity contribution < 1.29 is 13.9 Å². The first kappa shape index (κ1) is 26.0. The topological polar surface area (TPSA) is 56.2 Å². The minimum absolute atomic E-state index is 0.0264. The molecular weight excluding hydrogens is 489 g/mol. The van der Waals surface area contributed by atoms with Crippen LogP contribution < -0.4 is 10.1 Å². The number of ether oxygens (including phenoxy) is 1. The van der Waals surface area contributed by atoms with Crippen LogP contribution in [0.1, 0.15) is 94.7 Å². The van der Waals surface area contributed by atoms with E-state index in [-0.39, 0.29) is 23.7 Å². The lowest BCUT2D eigenvalue weighted by Gasteiger charge is -2.34. The maximum Gasteiger partial charge on any atom is 0.243 e. The molecule has 2 aromatic carbocycles. The Hall–Kier alpha value is -2.60. The van der Waals surface area contributed by atoms with Crippen molar-refractivity contribution >= 4 is 28.5 Å². The highest BCUT2D eigenvalue weighted by atomic mass is 35.5. The average molecular weight is 526 g/mol. The lowest BCUT2D eigenvalue weighted by Crippen LogP contribution is -2.44. The molecule has 2 aliphatic carbocycles. The van der Waals surface area contributed by atoms with Crippen LogP contribution in [0.5, 0.6) is 5.75 Å². The van der Waals surface area contributed by atoms with Crippen LogP contribution in [0.3, 0.4) is 0 Å². The van der Waals surface area contributed by atoms with Crippen molar-refractivity contribution in [2.75, 3.05) is 0 Å². The van der Waals surface area contributed by atoms with Gasteiger partial charge in [-0.25, -0.2) is 9.37 Å². The van der Waals surface area contributed by atoms with Gasteiger partial charge in [-0.05, 0) is 87.4 Å². The third-order valence-electron chi connectivity index (χ3n) is 8.08. The molecule has 0 radical (unpaired) electrons. The van der Waals surface area contributed by atoms with Crippen LogP contribution in [-0.2, 0) is 4.79 Å². The minimum Gasteiger partial charge on any atom is -0.483 e. The molecule has 0 unspecified atom stereocenters. The lowest BCUT2D eigenvalue weighted by atomic mass is 9.82. The summed E-state index contributed by atoms with van der Waals surface area (Å²) in [6.07, 6.45) is 10.4. The molecule has 2 fully saturated rings. The molecule has 2 atom stereocenters. The predicted octanol–water partition coefficient (Wildman–Crippen LogP) is 7.85. The summed E-state index contributed by atoms with van der Waals surface area (Å²) < 4.78 is 22.9. The fourth-order valence-corrected chi connectivity index (χ4v) is 6.40. The van der Waals surface area contributed by atoms with Gasteiger partial charge in [0.15, 0.2) is 11.9 Å². The standard InChI is InChI=1S/C30H37ClFN3O2/c1-19-17-22(31)13-16-27(19)37-20(2)29-34-25-15-14-23(32)18-26(25)35(29)28(21-9-5-3-6-10-21)30(36)33-24-11-7-4-8-12-24/h13-18,20-21,24,28H,3-12H2,1-2H3,(H,33,36)/t20-,28-/m0/s1. The number of hydrogen-bond donors (Lipinski definition) is 1. The summed E-state index contributed by atoms with van der Waals surface area (Å²) in [5, 5.41) is 4.03. The number of carbonyl (C=O) groups excluding carboxylic acids is 1. The predicted molar refractivity (Wildman–Crippen MR) is 146 cm³/mol. The molecule has 1 N–H and O–H groups in total. The van der Waals surface area contributed by atoms with Crippen LogP contribution in [0.4, 0.5) is 4.39 Å². The summed E-state index contributed by atoms with van der Waals surface area (Å²) in [4.78, 5) is 19.0. The van der Waals surface area contributed by atoms with E-state index < -0.39 is 12.1 Å². The molecule has 0 spiro atoms. The monoisotopic (exact) mass is 525 g/mol. The van der Waals surface area contributed by atoms with Gasteiger partial charge < -0.3 is 14.6 Å². The second-order valence-corrected chi connectivity index (χ2v) is 11.3. The first-order valence-electron chi connectivity index (χ1n) is 13.8. The molecular formula is C30H37ClFN3O2. The van der Waals surface area contributed by atoms with Crippen LogP contribution in [0.25, 0.3) is 11.0 Å². The molecule has 0 bridgehead atoms. The van der Waals surface area contributed by atoms with Crippen molar-refractivity contribution in [1.29, 1.82) is 0 Å². The number of aryl methyl sites for hydroxylation is 1. The van der Waals surface area contributed by atoms with E-state index in [4.69, 9.17) is 21.3 Å². The molecule has 37 heavy (non-hydrogen) atoms. The second-order valence-electron chi connectivity index (χ2n) is 10.8. The van der Waals surface area contributed by atoms with Crippen molar-refractivity contribution in [2.24, 2.45) is 5.92 Å². The Morgan fingerprint density at radius 2 is 1.76 bits per heavy atom. The summed E-state index contributed by atoms with van der Waals surface area (Å²) in [6, 6.07) is 9.90. The first-order valence-corrected chi connectivity index (χ1v) is 14.2. The molecule has 5 nitrogen and oxygen atoms in total. The van der Waals surface area contributed by atoms with E-state index in [1.54, 1.807) is 12.1 Å². The molecule has 0 saturated heterocycles. The number of rotatable bonds is 7. The van der Waals surface area contributed by atoms with Crippen molar-refractivity contribution in [3.05, 3.63) is 58.6 Å². The van der Waals surface area contributed by atoms with E-state index in [9.17, 15) is 9.18 Å². The molecule has 7 heteroatoms. The Bertz CT molecular complexity index is 1250. The lowest BCUT2D eigenvalue weighted by molar-refractivity contribution is -0.127. The van der Waals surface area contributed by atoms with E-state index in [1.165, 1.54) is 25.0 Å². The molecule has 2 aliphatic rings. The van der Waals surface area contributed by atoms with E-state index in [0.29, 0.717) is 27.6 Å². The van der Waals surface area contributed by atoms with Crippen molar-refractivity contribution in [3.8, 4) is 5.75 Å². The highest BCUT2D eigenvalue weighted by Gasteiger charge is 2.36. The summed E-state index contributed by atoms with van der Waals surface area (Å²) in [7, 11) is 0. The number of aromatic nitrogens is 2. The summed E-state index contributed by atoms with van der Waals surface area (Å²) in [5.74, 6) is 1.21. The van der Waals surface area contributed by atoms with Crippen molar-refractivity contribution in [3.63, 3.8) is 0 Å². The van der Waals surface area contributed by atoms with Gasteiger partial charge >= 0.3 is 0 Å². The molecule has 3 aromatic rings. The van der Waals surface area contributed by atoms with Gasteiger partial charge in [0, 0.05) is 11.1 Å². The highest BCUT2D eigenvalue weighted by molar-refractivity contribution is 6.30. The Balaban J connectivity index is 1.57. The van der Waals surface area contributed by atoms with Gasteiger partial charge in [0.1, 0.15) is 17.6 Å². The summed E-state index contributed by atoms with van der Waals surface area (Å²) in [6.45, 7) is 3.90. The third-order valence-corrected chi connectivity index (χ3v) is 8.31. The second kappa shape index (κ2) is 11.4. The minimum atomic E-state index is -0.457. The van der Waals surface area contributed by atoms with Crippen LogP contribution >= 0.6 is 11.6 Å². The Morgan fingerprint density at radius 3 is 2.46 bits per heavy atom. The fourth-order valence-electron chi connectivity index (χ4n) is 6.18. The Kier molecular flexibility index (Phi) is 8.04. The number of amides is 1. The average Bonchev–Trinajstić information content (AvgIpc) is 3.25. The van der Waals surface area contributed by atoms with Crippen molar-refractivity contribution in [1.82, 2.24) is 14.9 Å². The van der Waals surface area contributed by atoms with Crippen LogP contribution in [0, 0.1) is 18.7 Å². The zero-order valence-corrected chi connectivity index (χ0v) is 22.6. The number of nitrogens with zero attached hydrogens (tertiary/aromatic N) is 2. The van der Waals surface area contributed by atoms with Gasteiger partial charge in [-0.1, -0.05) is 50.1 Å². The zero-order valence-electron chi connectivity index (χ0n) is 21.8. The number of carbonyl (C=O) groups is 1. The van der Waals surface area contributed by atoms with Crippen LogP contribution in [0.2, 0.25) is 5.02 Å². The van der Waals surface area contributed by atoms with E-state index in [2.05, 4.69) is 5.32 Å². The number of imidazole rings is 1. The smallest absolute Gasteiger partial charge is 0.243 e. The van der Waals surface area contributed by atoms with E-state index in [0.717, 1.165) is 56.9 Å². The maximum atomic E-state index is 14.6. The van der Waals surface area contributed by atoms with Gasteiger partial charge in [-0.3, -0.25) is 4.79 Å². The number of halogens is 2. The molecule has 1 aromatic heterocycles. The van der Waals surface area contributed by atoms with Gasteiger partial charge in [0.05, 0.1) is 11.0 Å². The number of benzene rings is 2. The van der Waals surface area contributed by atoms with E-state index >= 15 is 0 Å². The first-order chi connectivity index (χ1) is 17.9. The molecule has 198 valence electrons. The van der Waals surface area contributed by atoms with Crippen molar-refractivity contribution in [2.45, 2.75) is 96.2 Å². The van der Waals surface area contributed by atoms with Crippen LogP contribution in [-0.4, -0.2) is 21.5 Å². The molecule has 0 aliphatic heterocycles. The highest BCUT2D eigenvalue weighted by Crippen LogP contribution is 2.38. The summed E-state index contributed by atoms with van der Waals surface area (Å²) >= 11 is 6.15. The normalized spacial score (nSPS) is 19.0. The number of fused-ring (bicyclic) bond motifs is 1. The molecule has 1 heterocycles. The van der Waals surface area contributed by atoms with Gasteiger partial charge in [0.25, 0.3) is 0 Å². The molecule has 1 amide bonds. The number of hydrogen-bond acceptors (Lipinski definition) is 3. The van der Waals surface area contributed by atoms with Crippen LogP contribution in [0.15, 0.2) is 36.4 Å². The number of nitrogens with one attached hydrogen (secondary N) is 1. The molecule has 5 rings (SSSR count). The fraction of sp³-hybridized carbons (Fsp3) is 0.533.